The highest BCUT2D eigenvalue weighted by molar-refractivity contribution is 5.83. The average Bonchev–Trinajstić information content (AvgIpc) is 3.50. The Labute approximate surface area is 159 Å². The van der Waals surface area contributed by atoms with Gasteiger partial charge in [-0.15, -0.1) is 0 Å². The van der Waals surface area contributed by atoms with Crippen LogP contribution >= 0.6 is 0 Å². The largest absolute Gasteiger partial charge is 0.349 e. The Morgan fingerprint density at radius 3 is 2.26 bits per heavy atom. The number of nitrogens with one attached hydrogen (secondary N) is 1. The Morgan fingerprint density at radius 2 is 1.56 bits per heavy atom. The smallest absolute Gasteiger partial charge is 0.224 e. The summed E-state index contributed by atoms with van der Waals surface area (Å²) in [7, 11) is 0. The van der Waals surface area contributed by atoms with Crippen molar-refractivity contribution in [2.45, 2.75) is 24.8 Å². The van der Waals surface area contributed by atoms with E-state index in [1.807, 2.05) is 54.6 Å². The number of carbonyl (C=O) groups excluding carboxylic acids is 1. The van der Waals surface area contributed by atoms with Crippen LogP contribution in [-0.2, 0) is 11.2 Å². The van der Waals surface area contributed by atoms with Crippen LogP contribution in [0.3, 0.4) is 0 Å². The Morgan fingerprint density at radius 1 is 0.926 bits per heavy atom. The number of hydrogen-bond donors (Lipinski definition) is 1. The molecule has 1 amide bonds. The van der Waals surface area contributed by atoms with Gasteiger partial charge in [-0.1, -0.05) is 78.9 Å². The van der Waals surface area contributed by atoms with E-state index in [4.69, 9.17) is 0 Å². The maximum absolute atomic E-state index is 14.0. The average molecular weight is 359 g/mol. The third kappa shape index (κ3) is 4.08. The van der Waals surface area contributed by atoms with Gasteiger partial charge in [-0.2, -0.15) is 0 Å². The topological polar surface area (TPSA) is 29.1 Å². The quantitative estimate of drug-likeness (QED) is 0.657. The SMILES string of the molecule is O=C(NC(Cc1ccccc1)c1ccccc1)C1CC1c1ccccc1F. The van der Waals surface area contributed by atoms with Crippen molar-refractivity contribution in [3.05, 3.63) is 107 Å². The van der Waals surface area contributed by atoms with E-state index < -0.39 is 0 Å². The van der Waals surface area contributed by atoms with Crippen LogP contribution in [0.25, 0.3) is 0 Å². The molecule has 0 spiro atoms. The minimum atomic E-state index is -0.221. The molecule has 0 radical (unpaired) electrons. The van der Waals surface area contributed by atoms with Crippen molar-refractivity contribution in [1.82, 2.24) is 5.32 Å². The van der Waals surface area contributed by atoms with Crippen LogP contribution in [0.4, 0.5) is 4.39 Å². The summed E-state index contributed by atoms with van der Waals surface area (Å²) in [6.07, 6.45) is 1.44. The highest BCUT2D eigenvalue weighted by Crippen LogP contribution is 2.48. The zero-order chi connectivity index (χ0) is 18.6. The highest BCUT2D eigenvalue weighted by Gasteiger charge is 2.45. The second kappa shape index (κ2) is 7.75. The molecule has 1 saturated carbocycles. The van der Waals surface area contributed by atoms with E-state index in [9.17, 15) is 9.18 Å². The van der Waals surface area contributed by atoms with E-state index in [-0.39, 0.29) is 29.6 Å². The van der Waals surface area contributed by atoms with Crippen LogP contribution in [0.5, 0.6) is 0 Å². The standard InChI is InChI=1S/C24H22FNO/c25-22-14-8-7-13-19(22)20-16-21(20)24(27)26-23(18-11-5-2-6-12-18)15-17-9-3-1-4-10-17/h1-14,20-21,23H,15-16H2,(H,26,27). The van der Waals surface area contributed by atoms with Crippen molar-refractivity contribution in [1.29, 1.82) is 0 Å². The number of hydrogen-bond acceptors (Lipinski definition) is 1. The van der Waals surface area contributed by atoms with Crippen molar-refractivity contribution in [3.8, 4) is 0 Å². The lowest BCUT2D eigenvalue weighted by Crippen LogP contribution is -2.31. The highest BCUT2D eigenvalue weighted by atomic mass is 19.1. The summed E-state index contributed by atoms with van der Waals surface area (Å²) in [5.41, 5.74) is 2.91. The molecule has 4 rings (SSSR count). The fourth-order valence-corrected chi connectivity index (χ4v) is 3.67. The van der Waals surface area contributed by atoms with Crippen LogP contribution in [0.2, 0.25) is 0 Å². The summed E-state index contributed by atoms with van der Waals surface area (Å²) >= 11 is 0. The number of halogens is 1. The van der Waals surface area contributed by atoms with Gasteiger partial charge in [0, 0.05) is 5.92 Å². The predicted octanol–water partition coefficient (Wildman–Crippen LogP) is 5.03. The van der Waals surface area contributed by atoms with E-state index in [1.54, 1.807) is 12.1 Å². The Hall–Kier alpha value is -2.94. The molecule has 3 heteroatoms. The molecule has 136 valence electrons. The van der Waals surface area contributed by atoms with Crippen molar-refractivity contribution < 1.29 is 9.18 Å². The summed E-state index contributed by atoms with van der Waals surface area (Å²) in [5.74, 6) is -0.377. The monoisotopic (exact) mass is 359 g/mol. The summed E-state index contributed by atoms with van der Waals surface area (Å²) in [5, 5.41) is 3.20. The second-order valence-corrected chi connectivity index (χ2v) is 7.13. The van der Waals surface area contributed by atoms with Gasteiger partial charge in [0.25, 0.3) is 0 Å². The molecule has 27 heavy (non-hydrogen) atoms. The summed E-state index contributed by atoms with van der Waals surface area (Å²) in [6.45, 7) is 0. The molecule has 3 atom stereocenters. The van der Waals surface area contributed by atoms with Gasteiger partial charge >= 0.3 is 0 Å². The van der Waals surface area contributed by atoms with E-state index in [0.717, 1.165) is 12.0 Å². The van der Waals surface area contributed by atoms with Crippen molar-refractivity contribution in [3.63, 3.8) is 0 Å². The first-order valence-corrected chi connectivity index (χ1v) is 9.36. The molecular formula is C24H22FNO. The van der Waals surface area contributed by atoms with Gasteiger partial charge < -0.3 is 5.32 Å². The molecule has 0 bridgehead atoms. The third-order valence-corrected chi connectivity index (χ3v) is 5.23. The van der Waals surface area contributed by atoms with E-state index in [0.29, 0.717) is 12.0 Å². The van der Waals surface area contributed by atoms with Crippen LogP contribution in [0.1, 0.15) is 35.1 Å². The van der Waals surface area contributed by atoms with Gasteiger partial charge in [0.05, 0.1) is 6.04 Å². The molecule has 3 aromatic carbocycles. The number of carbonyl (C=O) groups is 1. The first kappa shape index (κ1) is 17.5. The molecule has 1 fully saturated rings. The molecule has 0 saturated heterocycles. The van der Waals surface area contributed by atoms with Crippen LogP contribution < -0.4 is 5.32 Å². The van der Waals surface area contributed by atoms with Crippen molar-refractivity contribution in [2.24, 2.45) is 5.92 Å². The van der Waals surface area contributed by atoms with Crippen LogP contribution in [-0.4, -0.2) is 5.91 Å². The molecule has 0 heterocycles. The molecule has 0 aliphatic heterocycles. The maximum atomic E-state index is 14.0. The minimum absolute atomic E-state index is 0.00744. The molecule has 0 aromatic heterocycles. The zero-order valence-corrected chi connectivity index (χ0v) is 15.0. The maximum Gasteiger partial charge on any atom is 0.224 e. The molecule has 1 N–H and O–H groups in total. The van der Waals surface area contributed by atoms with Gasteiger partial charge in [-0.25, -0.2) is 4.39 Å². The van der Waals surface area contributed by atoms with Crippen LogP contribution in [0, 0.1) is 11.7 Å². The summed E-state index contributed by atoms with van der Waals surface area (Å²) in [4.78, 5) is 12.8. The molecular weight excluding hydrogens is 337 g/mol. The Kier molecular flexibility index (Phi) is 5.01. The van der Waals surface area contributed by atoms with Crippen LogP contribution in [0.15, 0.2) is 84.9 Å². The Balaban J connectivity index is 1.49. The van der Waals surface area contributed by atoms with E-state index in [1.165, 1.54) is 11.6 Å². The van der Waals surface area contributed by atoms with Gasteiger partial charge in [0.1, 0.15) is 5.82 Å². The number of benzene rings is 3. The first-order valence-electron chi connectivity index (χ1n) is 9.36. The van der Waals surface area contributed by atoms with E-state index >= 15 is 0 Å². The van der Waals surface area contributed by atoms with Crippen molar-refractivity contribution >= 4 is 5.91 Å². The normalized spacial score (nSPS) is 19.3. The van der Waals surface area contributed by atoms with Gasteiger partial charge in [0.2, 0.25) is 5.91 Å². The fraction of sp³-hybridized carbons (Fsp3) is 0.208. The number of amides is 1. The Bertz CT molecular complexity index is 910. The first-order chi connectivity index (χ1) is 13.2. The molecule has 3 aromatic rings. The number of rotatable bonds is 6. The summed E-state index contributed by atoms with van der Waals surface area (Å²) in [6, 6.07) is 26.8. The minimum Gasteiger partial charge on any atom is -0.349 e. The molecule has 3 unspecified atom stereocenters. The molecule has 2 nitrogen and oxygen atoms in total. The zero-order valence-electron chi connectivity index (χ0n) is 15.0. The molecule has 1 aliphatic carbocycles. The fourth-order valence-electron chi connectivity index (χ4n) is 3.67. The van der Waals surface area contributed by atoms with E-state index in [2.05, 4.69) is 17.4 Å². The lowest BCUT2D eigenvalue weighted by molar-refractivity contribution is -0.123. The van der Waals surface area contributed by atoms with Gasteiger partial charge in [-0.3, -0.25) is 4.79 Å². The lowest BCUT2D eigenvalue weighted by atomic mass is 9.98. The predicted molar refractivity (Wildman–Crippen MR) is 105 cm³/mol. The summed E-state index contributed by atoms with van der Waals surface area (Å²) < 4.78 is 14.0. The third-order valence-electron chi connectivity index (χ3n) is 5.23. The molecule has 1 aliphatic rings. The second-order valence-electron chi connectivity index (χ2n) is 7.13. The van der Waals surface area contributed by atoms with Gasteiger partial charge in [-0.05, 0) is 41.5 Å². The van der Waals surface area contributed by atoms with Gasteiger partial charge in [0.15, 0.2) is 0 Å². The van der Waals surface area contributed by atoms with Crippen molar-refractivity contribution in [2.75, 3.05) is 0 Å². The lowest BCUT2D eigenvalue weighted by Gasteiger charge is -2.20.